The van der Waals surface area contributed by atoms with E-state index in [1.807, 2.05) is 0 Å². The molecular weight excluding hydrogens is 216 g/mol. The molecule has 1 saturated heterocycles. The number of nitrogens with zero attached hydrogens (tertiary/aromatic N) is 2. The third-order valence-corrected chi connectivity index (χ3v) is 4.38. The first-order valence-corrected chi connectivity index (χ1v) is 7.03. The molecule has 2 aromatic rings. The fourth-order valence-corrected chi connectivity index (χ4v) is 3.65. The summed E-state index contributed by atoms with van der Waals surface area (Å²) in [7, 11) is 0. The molecule has 3 rings (SSSR count). The standard InChI is InChI=1S/C13H16N2S/c1-10-14-12-4-2-3-5-13(12)15(10)11-6-8-16-9-7-11/h2-5,11H,6-9H2,1H3. The maximum absolute atomic E-state index is 4.64. The average molecular weight is 232 g/mol. The Balaban J connectivity index is 2.10. The summed E-state index contributed by atoms with van der Waals surface area (Å²) >= 11 is 2.07. The molecule has 1 fully saturated rings. The highest BCUT2D eigenvalue weighted by Gasteiger charge is 2.19. The molecule has 1 aromatic heterocycles. The van der Waals surface area contributed by atoms with Crippen LogP contribution in [0.3, 0.4) is 0 Å². The Bertz CT molecular complexity index is 498. The molecular formula is C13H16N2S. The highest BCUT2D eigenvalue weighted by molar-refractivity contribution is 7.99. The molecule has 0 unspecified atom stereocenters. The predicted molar refractivity (Wildman–Crippen MR) is 70.1 cm³/mol. The van der Waals surface area contributed by atoms with E-state index in [0.29, 0.717) is 6.04 Å². The Morgan fingerprint density at radius 1 is 1.25 bits per heavy atom. The summed E-state index contributed by atoms with van der Waals surface area (Å²) in [5, 5.41) is 0. The Kier molecular flexibility index (Phi) is 2.64. The summed E-state index contributed by atoms with van der Waals surface area (Å²) < 4.78 is 2.44. The second-order valence-corrected chi connectivity index (χ2v) is 5.59. The van der Waals surface area contributed by atoms with E-state index in [0.717, 1.165) is 11.3 Å². The Morgan fingerprint density at radius 2 is 2.00 bits per heavy atom. The van der Waals surface area contributed by atoms with E-state index in [9.17, 15) is 0 Å². The van der Waals surface area contributed by atoms with E-state index in [-0.39, 0.29) is 0 Å². The van der Waals surface area contributed by atoms with Crippen molar-refractivity contribution < 1.29 is 0 Å². The maximum atomic E-state index is 4.64. The Morgan fingerprint density at radius 3 is 2.81 bits per heavy atom. The zero-order valence-electron chi connectivity index (χ0n) is 9.52. The van der Waals surface area contributed by atoms with Crippen LogP contribution in [0.1, 0.15) is 24.7 Å². The summed E-state index contributed by atoms with van der Waals surface area (Å²) in [6.45, 7) is 2.13. The number of hydrogen-bond acceptors (Lipinski definition) is 2. The first-order chi connectivity index (χ1) is 7.86. The van der Waals surface area contributed by atoms with Gasteiger partial charge in [0.1, 0.15) is 5.82 Å². The quantitative estimate of drug-likeness (QED) is 0.750. The number of benzene rings is 1. The van der Waals surface area contributed by atoms with Gasteiger partial charge in [-0.05, 0) is 43.4 Å². The van der Waals surface area contributed by atoms with Crippen molar-refractivity contribution in [2.24, 2.45) is 0 Å². The fraction of sp³-hybridized carbons (Fsp3) is 0.462. The van der Waals surface area contributed by atoms with Crippen molar-refractivity contribution in [3.63, 3.8) is 0 Å². The average Bonchev–Trinajstić information content (AvgIpc) is 2.66. The molecule has 2 nitrogen and oxygen atoms in total. The Hall–Kier alpha value is -0.960. The van der Waals surface area contributed by atoms with Gasteiger partial charge in [-0.3, -0.25) is 0 Å². The second-order valence-electron chi connectivity index (χ2n) is 4.36. The molecule has 0 bridgehead atoms. The molecule has 1 aliphatic heterocycles. The first-order valence-electron chi connectivity index (χ1n) is 5.87. The van der Waals surface area contributed by atoms with Gasteiger partial charge in [0.05, 0.1) is 11.0 Å². The lowest BCUT2D eigenvalue weighted by molar-refractivity contribution is 0.471. The third-order valence-electron chi connectivity index (χ3n) is 3.33. The van der Waals surface area contributed by atoms with E-state index in [1.54, 1.807) is 0 Å². The molecule has 3 heteroatoms. The lowest BCUT2D eigenvalue weighted by Gasteiger charge is -2.24. The monoisotopic (exact) mass is 232 g/mol. The number of hydrogen-bond donors (Lipinski definition) is 0. The van der Waals surface area contributed by atoms with Gasteiger partial charge in [-0.2, -0.15) is 11.8 Å². The maximum Gasteiger partial charge on any atom is 0.106 e. The topological polar surface area (TPSA) is 17.8 Å². The van der Waals surface area contributed by atoms with E-state index < -0.39 is 0 Å². The molecule has 0 aliphatic carbocycles. The van der Waals surface area contributed by atoms with Crippen LogP contribution >= 0.6 is 11.8 Å². The zero-order chi connectivity index (χ0) is 11.0. The molecule has 1 aromatic carbocycles. The minimum absolute atomic E-state index is 0.661. The zero-order valence-corrected chi connectivity index (χ0v) is 10.3. The number of aryl methyl sites for hydroxylation is 1. The molecule has 0 spiro atoms. The number of rotatable bonds is 1. The number of aromatic nitrogens is 2. The highest BCUT2D eigenvalue weighted by atomic mass is 32.2. The largest absolute Gasteiger partial charge is 0.325 e. The van der Waals surface area contributed by atoms with Crippen molar-refractivity contribution >= 4 is 22.8 Å². The molecule has 0 amide bonds. The molecule has 16 heavy (non-hydrogen) atoms. The van der Waals surface area contributed by atoms with Crippen LogP contribution in [0.4, 0.5) is 0 Å². The summed E-state index contributed by atoms with van der Waals surface area (Å²) in [6, 6.07) is 9.13. The van der Waals surface area contributed by atoms with Crippen molar-refractivity contribution in [2.75, 3.05) is 11.5 Å². The molecule has 1 aliphatic rings. The van der Waals surface area contributed by atoms with Crippen LogP contribution in [-0.4, -0.2) is 21.1 Å². The number of para-hydroxylation sites is 2. The molecule has 0 radical (unpaired) electrons. The van der Waals surface area contributed by atoms with Gasteiger partial charge in [0, 0.05) is 6.04 Å². The summed E-state index contributed by atoms with van der Waals surface area (Å²) in [5.41, 5.74) is 2.44. The first kappa shape index (κ1) is 10.2. The molecule has 0 atom stereocenters. The minimum Gasteiger partial charge on any atom is -0.325 e. The predicted octanol–water partition coefficient (Wildman–Crippen LogP) is 3.41. The normalized spacial score (nSPS) is 18.1. The molecule has 2 heterocycles. The summed E-state index contributed by atoms with van der Waals surface area (Å²) in [5.74, 6) is 3.74. The SMILES string of the molecule is Cc1nc2ccccc2n1C1CCSCC1. The van der Waals surface area contributed by atoms with Gasteiger partial charge >= 0.3 is 0 Å². The molecule has 0 saturated carbocycles. The lowest BCUT2D eigenvalue weighted by Crippen LogP contribution is -2.16. The van der Waals surface area contributed by atoms with Crippen LogP contribution < -0.4 is 0 Å². The number of fused-ring (bicyclic) bond motifs is 1. The van der Waals surface area contributed by atoms with Gasteiger partial charge in [0.25, 0.3) is 0 Å². The second kappa shape index (κ2) is 4.13. The highest BCUT2D eigenvalue weighted by Crippen LogP contribution is 2.31. The van der Waals surface area contributed by atoms with Gasteiger partial charge in [-0.25, -0.2) is 4.98 Å². The Labute approximate surface area is 100 Å². The van der Waals surface area contributed by atoms with Crippen molar-refractivity contribution in [2.45, 2.75) is 25.8 Å². The fourth-order valence-electron chi connectivity index (χ4n) is 2.57. The van der Waals surface area contributed by atoms with Crippen LogP contribution in [0.25, 0.3) is 11.0 Å². The van der Waals surface area contributed by atoms with Crippen molar-refractivity contribution in [3.8, 4) is 0 Å². The smallest absolute Gasteiger partial charge is 0.106 e. The van der Waals surface area contributed by atoms with E-state index >= 15 is 0 Å². The van der Waals surface area contributed by atoms with E-state index in [2.05, 4.69) is 52.5 Å². The van der Waals surface area contributed by atoms with Crippen LogP contribution in [-0.2, 0) is 0 Å². The number of thioether (sulfide) groups is 1. The van der Waals surface area contributed by atoms with Gasteiger partial charge in [0.2, 0.25) is 0 Å². The molecule has 84 valence electrons. The van der Waals surface area contributed by atoms with Gasteiger partial charge in [-0.15, -0.1) is 0 Å². The van der Waals surface area contributed by atoms with Crippen LogP contribution in [0.15, 0.2) is 24.3 Å². The lowest BCUT2D eigenvalue weighted by atomic mass is 10.1. The minimum atomic E-state index is 0.661. The number of imidazole rings is 1. The molecule has 0 N–H and O–H groups in total. The van der Waals surface area contributed by atoms with Gasteiger partial charge < -0.3 is 4.57 Å². The summed E-state index contributed by atoms with van der Waals surface area (Å²) in [4.78, 5) is 4.64. The van der Waals surface area contributed by atoms with Crippen molar-refractivity contribution in [1.29, 1.82) is 0 Å². The van der Waals surface area contributed by atoms with Crippen LogP contribution in [0, 0.1) is 6.92 Å². The van der Waals surface area contributed by atoms with Gasteiger partial charge in [0.15, 0.2) is 0 Å². The van der Waals surface area contributed by atoms with E-state index in [4.69, 9.17) is 0 Å². The van der Waals surface area contributed by atoms with Crippen molar-refractivity contribution in [1.82, 2.24) is 9.55 Å². The van der Waals surface area contributed by atoms with Crippen molar-refractivity contribution in [3.05, 3.63) is 30.1 Å². The summed E-state index contributed by atoms with van der Waals surface area (Å²) in [6.07, 6.45) is 2.57. The van der Waals surface area contributed by atoms with Crippen LogP contribution in [0.5, 0.6) is 0 Å². The van der Waals surface area contributed by atoms with E-state index in [1.165, 1.54) is 29.9 Å². The third kappa shape index (κ3) is 1.63. The van der Waals surface area contributed by atoms with Crippen LogP contribution in [0.2, 0.25) is 0 Å². The van der Waals surface area contributed by atoms with Gasteiger partial charge in [-0.1, -0.05) is 12.1 Å².